The van der Waals surface area contributed by atoms with Crippen molar-refractivity contribution >= 4 is 5.97 Å². The van der Waals surface area contributed by atoms with Gasteiger partial charge in [-0.05, 0) is 6.92 Å². The predicted molar refractivity (Wildman–Crippen MR) is 14.3 cm³/mol. The molecule has 0 aliphatic rings. The van der Waals surface area contributed by atoms with Crippen molar-refractivity contribution in [1.82, 2.24) is 0 Å². The van der Waals surface area contributed by atoms with Crippen LogP contribution in [0.1, 0.15) is 6.92 Å². The average Bonchev–Trinajstić information content (AvgIpc) is 0.811. The van der Waals surface area contributed by atoms with Gasteiger partial charge in [-0.25, -0.2) is 0 Å². The molecule has 0 saturated carbocycles. The van der Waals surface area contributed by atoms with Crippen molar-refractivity contribution < 1.29 is 68.6 Å². The minimum atomic E-state index is -1.08. The molecular weight excluding hydrogens is 252 g/mol. The van der Waals surface area contributed by atoms with E-state index in [0.29, 0.717) is 0 Å². The smallest absolute Gasteiger partial charge is 1.00 e. The number of carboxylic acid groups (broad SMARTS) is 1. The van der Waals surface area contributed by atoms with Crippen LogP contribution in [0, 0.1) is 40.8 Å². The predicted octanol–water partition coefficient (Wildman–Crippen LogP) is -5.06. The van der Waals surface area contributed by atoms with Crippen molar-refractivity contribution in [1.29, 1.82) is 0 Å². The van der Waals surface area contributed by atoms with Crippen molar-refractivity contribution in [3.63, 3.8) is 0 Å². The van der Waals surface area contributed by atoms with Crippen LogP contribution >= 0.6 is 0 Å². The van der Waals surface area contributed by atoms with Crippen LogP contribution in [-0.2, 0) is 4.79 Å². The minimum absolute atomic E-state index is 0. The summed E-state index contributed by atoms with van der Waals surface area (Å²) in [5.74, 6) is -1.08. The van der Waals surface area contributed by atoms with Gasteiger partial charge in [0, 0.05) is 5.97 Å². The maximum absolute atomic E-state index is 8.89. The Labute approximate surface area is 80.7 Å². The Balaban J connectivity index is -0.0000000150. The molecule has 3 nitrogen and oxygen atoms in total. The third kappa shape index (κ3) is 159. The SMILES string of the molecule is CC(=O)[O-].O.[Cl-].[Nd+2]. The van der Waals surface area contributed by atoms with E-state index >= 15 is 0 Å². The zero-order valence-corrected chi connectivity index (χ0v) is 7.66. The first-order valence-corrected chi connectivity index (χ1v) is 0.908. The summed E-state index contributed by atoms with van der Waals surface area (Å²) in [4.78, 5) is 8.89. The van der Waals surface area contributed by atoms with Gasteiger partial charge < -0.3 is 27.8 Å². The fraction of sp³-hybridized carbons (Fsp3) is 0.500. The van der Waals surface area contributed by atoms with Gasteiger partial charge in [-0.15, -0.1) is 0 Å². The Kier molecular flexibility index (Phi) is 54.7. The first-order valence-electron chi connectivity index (χ1n) is 0.908. The third-order valence-corrected chi connectivity index (χ3v) is 0. The zero-order valence-electron chi connectivity index (χ0n) is 3.69. The van der Waals surface area contributed by atoms with Gasteiger partial charge in [0.15, 0.2) is 0 Å². The van der Waals surface area contributed by atoms with Crippen molar-refractivity contribution in [2.24, 2.45) is 0 Å². The largest absolute Gasteiger partial charge is 2.00 e. The summed E-state index contributed by atoms with van der Waals surface area (Å²) in [5.41, 5.74) is 0. The van der Waals surface area contributed by atoms with E-state index in [1.165, 1.54) is 0 Å². The maximum atomic E-state index is 8.89. The molecule has 0 atom stereocenters. The number of halogens is 1. The summed E-state index contributed by atoms with van der Waals surface area (Å²) in [6.45, 7) is 0.972. The standard InChI is InChI=1S/C2H4O2.ClH.Nd.H2O/c1-2(3)4;;;/h1H3,(H,3,4);1H;;1H2/q;;+2;/p-2. The number of aliphatic carboxylic acids is 1. The number of carbonyl (C=O) groups excluding carboxylic acids is 1. The molecule has 0 unspecified atom stereocenters. The van der Waals surface area contributed by atoms with Gasteiger partial charge in [0.1, 0.15) is 0 Å². The van der Waals surface area contributed by atoms with Crippen molar-refractivity contribution in [2.75, 3.05) is 0 Å². The second-order valence-corrected chi connectivity index (χ2v) is 0.492. The van der Waals surface area contributed by atoms with E-state index in [1.54, 1.807) is 0 Å². The molecule has 0 bridgehead atoms. The van der Waals surface area contributed by atoms with Crippen LogP contribution in [0.15, 0.2) is 0 Å². The Hall–Kier alpha value is 1.07. The van der Waals surface area contributed by atoms with Crippen LogP contribution in [0.5, 0.6) is 0 Å². The Morgan fingerprint density at radius 2 is 1.57 bits per heavy atom. The van der Waals surface area contributed by atoms with Crippen LogP contribution in [0.25, 0.3) is 0 Å². The van der Waals surface area contributed by atoms with Crippen molar-refractivity contribution in [3.8, 4) is 0 Å². The van der Waals surface area contributed by atoms with E-state index in [0.717, 1.165) is 6.92 Å². The van der Waals surface area contributed by atoms with Gasteiger partial charge in [-0.2, -0.15) is 0 Å². The second-order valence-electron chi connectivity index (χ2n) is 0.492. The Morgan fingerprint density at radius 3 is 1.57 bits per heavy atom. The quantitative estimate of drug-likeness (QED) is 0.435. The maximum Gasteiger partial charge on any atom is 2.00 e. The molecule has 2 N–H and O–H groups in total. The van der Waals surface area contributed by atoms with Crippen LogP contribution < -0.4 is 17.5 Å². The Morgan fingerprint density at radius 1 is 1.57 bits per heavy atom. The molecule has 0 radical (unpaired) electrons. The van der Waals surface area contributed by atoms with E-state index < -0.39 is 5.97 Å². The van der Waals surface area contributed by atoms with Gasteiger partial charge in [0.2, 0.25) is 0 Å². The number of hydrogen-bond acceptors (Lipinski definition) is 2. The summed E-state index contributed by atoms with van der Waals surface area (Å²) in [7, 11) is 0. The summed E-state index contributed by atoms with van der Waals surface area (Å²) in [6, 6.07) is 0. The number of hydrogen-bond donors (Lipinski definition) is 0. The molecule has 0 aliphatic carbocycles. The van der Waals surface area contributed by atoms with Crippen LogP contribution in [0.2, 0.25) is 0 Å². The molecule has 0 aromatic heterocycles. The van der Waals surface area contributed by atoms with Crippen LogP contribution in [0.3, 0.4) is 0 Å². The fourth-order valence-electron chi connectivity index (χ4n) is 0. The molecule has 5 heteroatoms. The molecule has 0 rings (SSSR count). The zero-order chi connectivity index (χ0) is 3.58. The van der Waals surface area contributed by atoms with Crippen LogP contribution in [-0.4, -0.2) is 11.4 Å². The summed E-state index contributed by atoms with van der Waals surface area (Å²) >= 11 is 0. The monoisotopic (exact) mass is 254 g/mol. The summed E-state index contributed by atoms with van der Waals surface area (Å²) < 4.78 is 0. The van der Waals surface area contributed by atoms with Crippen molar-refractivity contribution in [2.45, 2.75) is 6.92 Å². The van der Waals surface area contributed by atoms with Gasteiger partial charge in [-0.3, -0.25) is 0 Å². The molecule has 7 heavy (non-hydrogen) atoms. The molecule has 0 aliphatic heterocycles. The molecule has 0 heterocycles. The van der Waals surface area contributed by atoms with E-state index in [2.05, 4.69) is 0 Å². The van der Waals surface area contributed by atoms with E-state index in [9.17, 15) is 0 Å². The van der Waals surface area contributed by atoms with E-state index in [1.807, 2.05) is 0 Å². The van der Waals surface area contributed by atoms with Crippen LogP contribution in [0.4, 0.5) is 0 Å². The van der Waals surface area contributed by atoms with Gasteiger partial charge in [-0.1, -0.05) is 0 Å². The summed E-state index contributed by atoms with van der Waals surface area (Å²) in [6.07, 6.45) is 0. The van der Waals surface area contributed by atoms with Crippen molar-refractivity contribution in [3.05, 3.63) is 0 Å². The molecule has 0 spiro atoms. The first-order chi connectivity index (χ1) is 1.73. The topological polar surface area (TPSA) is 71.6 Å². The second kappa shape index (κ2) is 15.7. The number of carbonyl (C=O) groups is 1. The number of carboxylic acids is 1. The summed E-state index contributed by atoms with van der Waals surface area (Å²) in [5, 5.41) is 8.89. The Bertz CT molecular complexity index is 35.9. The van der Waals surface area contributed by atoms with E-state index in [4.69, 9.17) is 9.90 Å². The normalized spacial score (nSPS) is 3.57. The first kappa shape index (κ1) is 24.4. The molecule has 0 saturated heterocycles. The van der Waals surface area contributed by atoms with E-state index in [-0.39, 0.29) is 58.7 Å². The minimum Gasteiger partial charge on any atom is -1.00 e. The molecule has 42 valence electrons. The fourth-order valence-corrected chi connectivity index (χ4v) is 0. The number of rotatable bonds is 0. The molecule has 0 aromatic rings. The van der Waals surface area contributed by atoms with Gasteiger partial charge >= 0.3 is 40.8 Å². The molecular formula is C2H5ClNdO3. The molecule has 0 amide bonds. The molecule has 0 aromatic carbocycles. The van der Waals surface area contributed by atoms with Gasteiger partial charge in [0.25, 0.3) is 0 Å². The third-order valence-electron chi connectivity index (χ3n) is 0. The average molecular weight is 257 g/mol. The molecule has 0 fully saturated rings. The van der Waals surface area contributed by atoms with Gasteiger partial charge in [0.05, 0.1) is 0 Å².